The van der Waals surface area contributed by atoms with Crippen molar-refractivity contribution in [2.45, 2.75) is 38.6 Å². The van der Waals surface area contributed by atoms with Crippen LogP contribution in [0.15, 0.2) is 0 Å². The first-order valence-corrected chi connectivity index (χ1v) is 6.24. The maximum absolute atomic E-state index is 11.8. The van der Waals surface area contributed by atoms with Crippen LogP contribution in [0.25, 0.3) is 0 Å². The lowest BCUT2D eigenvalue weighted by Gasteiger charge is -2.27. The Morgan fingerprint density at radius 1 is 1.50 bits per heavy atom. The van der Waals surface area contributed by atoms with Gasteiger partial charge in [0.15, 0.2) is 0 Å². The van der Waals surface area contributed by atoms with E-state index in [0.29, 0.717) is 25.5 Å². The van der Waals surface area contributed by atoms with Crippen LogP contribution in [-0.4, -0.2) is 43.7 Å². The van der Waals surface area contributed by atoms with Crippen LogP contribution in [-0.2, 0) is 9.53 Å². The molecule has 0 spiro atoms. The molecule has 1 aliphatic carbocycles. The zero-order valence-corrected chi connectivity index (χ0v) is 10.4. The number of carbonyl (C=O) groups is 1. The number of amides is 1. The molecule has 16 heavy (non-hydrogen) atoms. The second-order valence-electron chi connectivity index (χ2n) is 4.51. The van der Waals surface area contributed by atoms with Crippen molar-refractivity contribution >= 4 is 5.91 Å². The van der Waals surface area contributed by atoms with Crippen molar-refractivity contribution in [1.82, 2.24) is 4.90 Å². The summed E-state index contributed by atoms with van der Waals surface area (Å²) < 4.78 is 5.31. The van der Waals surface area contributed by atoms with Crippen molar-refractivity contribution in [1.29, 1.82) is 0 Å². The van der Waals surface area contributed by atoms with Crippen LogP contribution in [0.4, 0.5) is 0 Å². The van der Waals surface area contributed by atoms with Gasteiger partial charge < -0.3 is 15.4 Å². The molecular weight excluding hydrogens is 204 g/mol. The summed E-state index contributed by atoms with van der Waals surface area (Å²) in [6.45, 7) is 3.90. The number of hydrogen-bond acceptors (Lipinski definition) is 3. The maximum atomic E-state index is 11.8. The first-order chi connectivity index (χ1) is 7.70. The Balaban J connectivity index is 2.23. The summed E-state index contributed by atoms with van der Waals surface area (Å²) in [5.74, 6) is 0.786. The molecule has 0 aromatic rings. The topological polar surface area (TPSA) is 55.6 Å². The molecule has 0 heterocycles. The van der Waals surface area contributed by atoms with Gasteiger partial charge in [-0.05, 0) is 25.2 Å². The lowest BCUT2D eigenvalue weighted by Crippen LogP contribution is -2.43. The van der Waals surface area contributed by atoms with Crippen LogP contribution in [0.2, 0.25) is 0 Å². The molecule has 1 saturated carbocycles. The zero-order chi connectivity index (χ0) is 12.0. The van der Waals surface area contributed by atoms with Gasteiger partial charge in [0.1, 0.15) is 0 Å². The molecule has 2 N–H and O–H groups in total. The Morgan fingerprint density at radius 2 is 2.19 bits per heavy atom. The van der Waals surface area contributed by atoms with Crippen molar-refractivity contribution < 1.29 is 9.53 Å². The van der Waals surface area contributed by atoms with E-state index in [9.17, 15) is 4.79 Å². The number of nitrogens with zero attached hydrogens (tertiary/aromatic N) is 1. The minimum atomic E-state index is 0.151. The van der Waals surface area contributed by atoms with E-state index in [-0.39, 0.29) is 11.9 Å². The first kappa shape index (κ1) is 13.5. The highest BCUT2D eigenvalue weighted by Gasteiger charge is 2.34. The molecule has 1 atom stereocenters. The predicted octanol–water partition coefficient (Wildman–Crippen LogP) is 0.999. The fourth-order valence-corrected chi connectivity index (χ4v) is 1.91. The molecule has 4 nitrogen and oxygen atoms in total. The standard InChI is InChI=1S/C12H24N2O2/c1-3-7-16-8-6-12(15)14(2)11(9-13)10-4-5-10/h10-11H,3-9,13H2,1-2H3. The number of hydrogen-bond donors (Lipinski definition) is 1. The second-order valence-corrected chi connectivity index (χ2v) is 4.51. The average Bonchev–Trinajstić information content (AvgIpc) is 3.09. The monoisotopic (exact) mass is 228 g/mol. The smallest absolute Gasteiger partial charge is 0.224 e. The van der Waals surface area contributed by atoms with E-state index in [1.807, 2.05) is 11.9 Å². The van der Waals surface area contributed by atoms with Gasteiger partial charge >= 0.3 is 0 Å². The van der Waals surface area contributed by atoms with Crippen LogP contribution in [0.5, 0.6) is 0 Å². The van der Waals surface area contributed by atoms with Crippen molar-refractivity contribution in [2.24, 2.45) is 11.7 Å². The minimum Gasteiger partial charge on any atom is -0.381 e. The molecule has 1 rings (SSSR count). The highest BCUT2D eigenvalue weighted by molar-refractivity contribution is 5.76. The van der Waals surface area contributed by atoms with Crippen LogP contribution in [0.3, 0.4) is 0 Å². The van der Waals surface area contributed by atoms with Gasteiger partial charge in [0.25, 0.3) is 0 Å². The van der Waals surface area contributed by atoms with Gasteiger partial charge in [0.2, 0.25) is 5.91 Å². The molecule has 0 saturated heterocycles. The molecule has 4 heteroatoms. The molecule has 94 valence electrons. The Bertz CT molecular complexity index is 217. The summed E-state index contributed by atoms with van der Waals surface area (Å²) in [6, 6.07) is 0.235. The third-order valence-corrected chi connectivity index (χ3v) is 3.11. The fraction of sp³-hybridized carbons (Fsp3) is 0.917. The van der Waals surface area contributed by atoms with Crippen LogP contribution >= 0.6 is 0 Å². The van der Waals surface area contributed by atoms with E-state index in [4.69, 9.17) is 10.5 Å². The molecule has 1 amide bonds. The molecule has 1 unspecified atom stereocenters. The second kappa shape index (κ2) is 6.86. The van der Waals surface area contributed by atoms with Crippen molar-refractivity contribution in [2.75, 3.05) is 26.8 Å². The summed E-state index contributed by atoms with van der Waals surface area (Å²) in [5, 5.41) is 0. The number of likely N-dealkylation sites (N-methyl/N-ethyl adjacent to an activating group) is 1. The van der Waals surface area contributed by atoms with Crippen molar-refractivity contribution in [3.05, 3.63) is 0 Å². The molecule has 0 aromatic carbocycles. The van der Waals surface area contributed by atoms with Crippen LogP contribution in [0.1, 0.15) is 32.6 Å². The van der Waals surface area contributed by atoms with Gasteiger partial charge in [-0.1, -0.05) is 6.92 Å². The SMILES string of the molecule is CCCOCCC(=O)N(C)C(CN)C1CC1. The molecule has 0 bridgehead atoms. The lowest BCUT2D eigenvalue weighted by molar-refractivity contribution is -0.133. The third kappa shape index (κ3) is 4.10. The van der Waals surface area contributed by atoms with Gasteiger partial charge in [-0.3, -0.25) is 4.79 Å². The third-order valence-electron chi connectivity index (χ3n) is 3.11. The molecule has 0 aliphatic heterocycles. The number of nitrogens with two attached hydrogens (primary N) is 1. The Labute approximate surface area is 98.1 Å². The zero-order valence-electron chi connectivity index (χ0n) is 10.4. The Hall–Kier alpha value is -0.610. The van der Waals surface area contributed by atoms with Gasteiger partial charge in [-0.15, -0.1) is 0 Å². The molecular formula is C12H24N2O2. The predicted molar refractivity (Wildman–Crippen MR) is 64.1 cm³/mol. The number of rotatable bonds is 8. The molecule has 0 aromatic heterocycles. The summed E-state index contributed by atoms with van der Waals surface area (Å²) >= 11 is 0. The summed E-state index contributed by atoms with van der Waals surface area (Å²) in [5.41, 5.74) is 5.70. The van der Waals surface area contributed by atoms with Crippen molar-refractivity contribution in [3.8, 4) is 0 Å². The first-order valence-electron chi connectivity index (χ1n) is 6.24. The number of ether oxygens (including phenoxy) is 1. The van der Waals surface area contributed by atoms with E-state index >= 15 is 0 Å². The van der Waals surface area contributed by atoms with E-state index < -0.39 is 0 Å². The van der Waals surface area contributed by atoms with E-state index in [2.05, 4.69) is 6.92 Å². The van der Waals surface area contributed by atoms with Crippen LogP contribution in [0, 0.1) is 5.92 Å². The molecule has 0 radical (unpaired) electrons. The quantitative estimate of drug-likeness (QED) is 0.631. The van der Waals surface area contributed by atoms with E-state index in [1.54, 1.807) is 0 Å². The van der Waals surface area contributed by atoms with Gasteiger partial charge in [-0.25, -0.2) is 0 Å². The Kier molecular flexibility index (Phi) is 5.77. The molecule has 1 aliphatic rings. The molecule has 1 fully saturated rings. The highest BCUT2D eigenvalue weighted by atomic mass is 16.5. The summed E-state index contributed by atoms with van der Waals surface area (Å²) in [4.78, 5) is 13.6. The number of carbonyl (C=O) groups excluding carboxylic acids is 1. The minimum absolute atomic E-state index is 0.151. The highest BCUT2D eigenvalue weighted by Crippen LogP contribution is 2.34. The van der Waals surface area contributed by atoms with Crippen LogP contribution < -0.4 is 5.73 Å². The van der Waals surface area contributed by atoms with Crippen molar-refractivity contribution in [3.63, 3.8) is 0 Å². The van der Waals surface area contributed by atoms with Gasteiger partial charge in [0.05, 0.1) is 13.0 Å². The van der Waals surface area contributed by atoms with Gasteiger partial charge in [-0.2, -0.15) is 0 Å². The normalized spacial score (nSPS) is 17.2. The largest absolute Gasteiger partial charge is 0.381 e. The van der Waals surface area contributed by atoms with E-state index in [0.717, 1.165) is 13.0 Å². The summed E-state index contributed by atoms with van der Waals surface area (Å²) in [7, 11) is 1.86. The summed E-state index contributed by atoms with van der Waals surface area (Å²) in [6.07, 6.45) is 3.90. The maximum Gasteiger partial charge on any atom is 0.224 e. The lowest BCUT2D eigenvalue weighted by atomic mass is 10.1. The fourth-order valence-electron chi connectivity index (χ4n) is 1.91. The average molecular weight is 228 g/mol. The van der Waals surface area contributed by atoms with E-state index in [1.165, 1.54) is 12.8 Å². The van der Waals surface area contributed by atoms with Gasteiger partial charge in [0, 0.05) is 26.2 Å². The Morgan fingerprint density at radius 3 is 2.69 bits per heavy atom.